The Morgan fingerprint density at radius 3 is 2.63 bits per heavy atom. The van der Waals surface area contributed by atoms with Crippen LogP contribution in [0.1, 0.15) is 18.4 Å². The molecule has 1 aromatic carbocycles. The first kappa shape index (κ1) is 14.9. The summed E-state index contributed by atoms with van der Waals surface area (Å²) in [6.45, 7) is 1.70. The summed E-state index contributed by atoms with van der Waals surface area (Å²) < 4.78 is 5.33. The van der Waals surface area contributed by atoms with E-state index in [0.29, 0.717) is 5.25 Å². The Labute approximate surface area is 119 Å². The maximum atomic E-state index is 10.1. The van der Waals surface area contributed by atoms with E-state index in [4.69, 9.17) is 10.5 Å². The van der Waals surface area contributed by atoms with Crippen molar-refractivity contribution in [1.82, 2.24) is 0 Å². The molecule has 0 amide bonds. The summed E-state index contributed by atoms with van der Waals surface area (Å²) in [7, 11) is 0. The summed E-state index contributed by atoms with van der Waals surface area (Å²) in [4.78, 5) is 0. The minimum absolute atomic E-state index is 0.185. The lowest BCUT2D eigenvalue weighted by Crippen LogP contribution is -2.38. The highest BCUT2D eigenvalue weighted by Crippen LogP contribution is 2.23. The highest BCUT2D eigenvalue weighted by Gasteiger charge is 2.19. The highest BCUT2D eigenvalue weighted by atomic mass is 32.2. The van der Waals surface area contributed by atoms with Crippen LogP contribution in [0.15, 0.2) is 30.3 Å². The zero-order valence-electron chi connectivity index (χ0n) is 11.2. The van der Waals surface area contributed by atoms with Crippen molar-refractivity contribution < 1.29 is 9.84 Å². The van der Waals surface area contributed by atoms with Gasteiger partial charge in [-0.05, 0) is 24.8 Å². The molecule has 0 aromatic heterocycles. The van der Waals surface area contributed by atoms with Crippen LogP contribution in [0, 0.1) is 0 Å². The predicted molar refractivity (Wildman–Crippen MR) is 80.4 cm³/mol. The van der Waals surface area contributed by atoms with Gasteiger partial charge in [0.1, 0.15) is 0 Å². The summed E-state index contributed by atoms with van der Waals surface area (Å²) in [5.41, 5.74) is 7.26. The van der Waals surface area contributed by atoms with E-state index in [2.05, 4.69) is 12.1 Å². The molecule has 1 saturated heterocycles. The molecule has 0 radical (unpaired) electrons. The van der Waals surface area contributed by atoms with Gasteiger partial charge in [0.2, 0.25) is 0 Å². The largest absolute Gasteiger partial charge is 0.391 e. The average Bonchev–Trinajstić information content (AvgIpc) is 2.47. The van der Waals surface area contributed by atoms with Crippen molar-refractivity contribution >= 4 is 11.8 Å². The molecule has 1 aromatic rings. The Hall–Kier alpha value is -0.550. The quantitative estimate of drug-likeness (QED) is 0.835. The number of aliphatic hydroxyl groups excluding tert-OH is 1. The Balaban J connectivity index is 1.71. The molecule has 0 bridgehead atoms. The van der Waals surface area contributed by atoms with E-state index in [-0.39, 0.29) is 6.04 Å². The van der Waals surface area contributed by atoms with E-state index in [9.17, 15) is 5.11 Å². The number of ether oxygens (including phenoxy) is 1. The van der Waals surface area contributed by atoms with Crippen molar-refractivity contribution in [2.24, 2.45) is 5.73 Å². The Bertz CT molecular complexity index is 354. The molecule has 2 atom stereocenters. The van der Waals surface area contributed by atoms with Crippen molar-refractivity contribution in [2.75, 3.05) is 19.0 Å². The van der Waals surface area contributed by atoms with Gasteiger partial charge in [0.15, 0.2) is 0 Å². The number of rotatable bonds is 6. The maximum absolute atomic E-state index is 10.1. The lowest BCUT2D eigenvalue weighted by atomic mass is 10.0. The molecule has 2 unspecified atom stereocenters. The van der Waals surface area contributed by atoms with Crippen molar-refractivity contribution in [1.29, 1.82) is 0 Å². The summed E-state index contributed by atoms with van der Waals surface area (Å²) >= 11 is 1.83. The molecular weight excluding hydrogens is 258 g/mol. The molecule has 0 spiro atoms. The van der Waals surface area contributed by atoms with Gasteiger partial charge in [0.05, 0.1) is 6.10 Å². The molecule has 19 heavy (non-hydrogen) atoms. The lowest BCUT2D eigenvalue weighted by molar-refractivity contribution is 0.0997. The van der Waals surface area contributed by atoms with Gasteiger partial charge in [-0.25, -0.2) is 0 Å². The monoisotopic (exact) mass is 281 g/mol. The van der Waals surface area contributed by atoms with Gasteiger partial charge >= 0.3 is 0 Å². The van der Waals surface area contributed by atoms with Gasteiger partial charge in [-0.3, -0.25) is 0 Å². The smallest absolute Gasteiger partial charge is 0.0784 e. The van der Waals surface area contributed by atoms with Crippen LogP contribution in [0.4, 0.5) is 0 Å². The minimum Gasteiger partial charge on any atom is -0.391 e. The van der Waals surface area contributed by atoms with Crippen LogP contribution in [0.3, 0.4) is 0 Å². The van der Waals surface area contributed by atoms with Gasteiger partial charge < -0.3 is 15.6 Å². The molecule has 106 valence electrons. The predicted octanol–water partition coefficient (Wildman–Crippen LogP) is 1.83. The number of hydrogen-bond acceptors (Lipinski definition) is 4. The second-order valence-corrected chi connectivity index (χ2v) is 6.40. The molecule has 2 rings (SSSR count). The van der Waals surface area contributed by atoms with Crippen LogP contribution in [-0.4, -0.2) is 41.5 Å². The van der Waals surface area contributed by atoms with Gasteiger partial charge in [-0.15, -0.1) is 0 Å². The number of aliphatic hydroxyl groups is 1. The van der Waals surface area contributed by atoms with E-state index in [1.165, 1.54) is 5.56 Å². The van der Waals surface area contributed by atoms with Crippen LogP contribution in [-0.2, 0) is 11.2 Å². The van der Waals surface area contributed by atoms with Crippen molar-refractivity contribution in [3.8, 4) is 0 Å². The molecule has 1 aliphatic heterocycles. The van der Waals surface area contributed by atoms with Crippen LogP contribution in [0.5, 0.6) is 0 Å². The summed E-state index contributed by atoms with van der Waals surface area (Å²) in [6.07, 6.45) is 2.47. The first-order valence-corrected chi connectivity index (χ1v) is 7.97. The van der Waals surface area contributed by atoms with Crippen LogP contribution >= 0.6 is 11.8 Å². The van der Waals surface area contributed by atoms with Gasteiger partial charge in [0, 0.05) is 30.3 Å². The third-order valence-electron chi connectivity index (χ3n) is 3.48. The fraction of sp³-hybridized carbons (Fsp3) is 0.600. The number of thioether (sulfide) groups is 1. The molecule has 3 nitrogen and oxygen atoms in total. The molecule has 0 saturated carbocycles. The SMILES string of the molecule is NC(Cc1ccccc1)C(O)CSC1CCOCC1. The fourth-order valence-corrected chi connectivity index (χ4v) is 3.47. The van der Waals surface area contributed by atoms with Gasteiger partial charge in [-0.2, -0.15) is 11.8 Å². The third kappa shape index (κ3) is 5.15. The average molecular weight is 281 g/mol. The standard InChI is InChI=1S/C15H23NO2S/c16-14(10-12-4-2-1-3-5-12)15(17)11-19-13-6-8-18-9-7-13/h1-5,13-15,17H,6-11,16H2. The van der Waals surface area contributed by atoms with Crippen molar-refractivity contribution in [3.63, 3.8) is 0 Å². The van der Waals surface area contributed by atoms with Crippen LogP contribution in [0.25, 0.3) is 0 Å². The second kappa shape index (κ2) is 7.90. The maximum Gasteiger partial charge on any atom is 0.0784 e. The van der Waals surface area contributed by atoms with Crippen molar-refractivity contribution in [2.45, 2.75) is 36.7 Å². The molecule has 1 aliphatic rings. The number of hydrogen-bond donors (Lipinski definition) is 2. The summed E-state index contributed by atoms with van der Waals surface area (Å²) in [5.74, 6) is 0.721. The van der Waals surface area contributed by atoms with E-state index >= 15 is 0 Å². The highest BCUT2D eigenvalue weighted by molar-refractivity contribution is 7.99. The van der Waals surface area contributed by atoms with E-state index in [0.717, 1.165) is 38.2 Å². The Kier molecular flexibility index (Phi) is 6.17. The van der Waals surface area contributed by atoms with Crippen molar-refractivity contribution in [3.05, 3.63) is 35.9 Å². The molecule has 4 heteroatoms. The lowest BCUT2D eigenvalue weighted by Gasteiger charge is -2.24. The topological polar surface area (TPSA) is 55.5 Å². The van der Waals surface area contributed by atoms with E-state index in [1.807, 2.05) is 30.0 Å². The van der Waals surface area contributed by atoms with Crippen LogP contribution < -0.4 is 5.73 Å². The van der Waals surface area contributed by atoms with E-state index < -0.39 is 6.10 Å². The van der Waals surface area contributed by atoms with Gasteiger partial charge in [0.25, 0.3) is 0 Å². The first-order valence-electron chi connectivity index (χ1n) is 6.92. The fourth-order valence-electron chi connectivity index (χ4n) is 2.22. The normalized spacial score (nSPS) is 20.1. The van der Waals surface area contributed by atoms with E-state index in [1.54, 1.807) is 0 Å². The number of nitrogens with two attached hydrogens (primary N) is 1. The second-order valence-electron chi connectivity index (χ2n) is 5.07. The first-order chi connectivity index (χ1) is 9.25. The summed E-state index contributed by atoms with van der Waals surface area (Å²) in [5, 5.41) is 10.8. The Morgan fingerprint density at radius 2 is 1.95 bits per heavy atom. The molecule has 1 fully saturated rings. The van der Waals surface area contributed by atoms with Crippen LogP contribution in [0.2, 0.25) is 0 Å². The molecule has 1 heterocycles. The molecule has 3 N–H and O–H groups in total. The zero-order valence-corrected chi connectivity index (χ0v) is 12.0. The van der Waals surface area contributed by atoms with Gasteiger partial charge in [-0.1, -0.05) is 30.3 Å². The molecular formula is C15H23NO2S. The number of benzene rings is 1. The zero-order chi connectivity index (χ0) is 13.5. The minimum atomic E-state index is -0.437. The summed E-state index contributed by atoms with van der Waals surface area (Å²) in [6, 6.07) is 9.92. The Morgan fingerprint density at radius 1 is 1.26 bits per heavy atom. The third-order valence-corrected chi connectivity index (χ3v) is 4.96. The molecule has 0 aliphatic carbocycles.